The SMILES string of the molecule is CCS(=O)(=O)CCOc1ccc([C@@H](C)O)cc1C. The van der Waals surface area contributed by atoms with Gasteiger partial charge in [0, 0.05) is 5.75 Å². The quantitative estimate of drug-likeness (QED) is 0.858. The van der Waals surface area contributed by atoms with Crippen molar-refractivity contribution in [3.05, 3.63) is 29.3 Å². The van der Waals surface area contributed by atoms with Crippen LogP contribution >= 0.6 is 0 Å². The van der Waals surface area contributed by atoms with Crippen molar-refractivity contribution in [3.8, 4) is 5.75 Å². The Balaban J connectivity index is 2.64. The van der Waals surface area contributed by atoms with Crippen LogP contribution in [0, 0.1) is 6.92 Å². The third-order valence-corrected chi connectivity index (χ3v) is 4.44. The van der Waals surface area contributed by atoms with Crippen LogP contribution < -0.4 is 4.74 Å². The lowest BCUT2D eigenvalue weighted by Gasteiger charge is -2.11. The van der Waals surface area contributed by atoms with Gasteiger partial charge in [-0.25, -0.2) is 8.42 Å². The lowest BCUT2D eigenvalue weighted by Crippen LogP contribution is -2.15. The number of sulfone groups is 1. The topological polar surface area (TPSA) is 63.6 Å². The van der Waals surface area contributed by atoms with Gasteiger partial charge in [0.15, 0.2) is 9.84 Å². The average Bonchev–Trinajstić information content (AvgIpc) is 2.31. The molecule has 0 aromatic heterocycles. The van der Waals surface area contributed by atoms with Crippen molar-refractivity contribution >= 4 is 9.84 Å². The number of aryl methyl sites for hydroxylation is 1. The molecule has 18 heavy (non-hydrogen) atoms. The molecular weight excluding hydrogens is 252 g/mol. The molecule has 0 unspecified atom stereocenters. The van der Waals surface area contributed by atoms with Crippen molar-refractivity contribution in [1.29, 1.82) is 0 Å². The zero-order valence-corrected chi connectivity index (χ0v) is 11.8. The standard InChI is InChI=1S/C13H20O4S/c1-4-18(15,16)8-7-17-13-6-5-12(11(3)14)9-10(13)2/h5-6,9,11,14H,4,7-8H2,1-3H3/t11-/m1/s1. The molecule has 1 aromatic carbocycles. The van der Waals surface area contributed by atoms with E-state index in [4.69, 9.17) is 4.74 Å². The molecule has 0 bridgehead atoms. The number of aliphatic hydroxyl groups is 1. The fraction of sp³-hybridized carbons (Fsp3) is 0.538. The molecule has 0 aliphatic rings. The first-order valence-corrected chi connectivity index (χ1v) is 7.79. The summed E-state index contributed by atoms with van der Waals surface area (Å²) in [4.78, 5) is 0. The number of ether oxygens (including phenoxy) is 1. The maximum absolute atomic E-state index is 11.3. The molecule has 0 spiro atoms. The minimum absolute atomic E-state index is 0.0289. The summed E-state index contributed by atoms with van der Waals surface area (Å²) in [5.74, 6) is 0.822. The third kappa shape index (κ3) is 4.31. The minimum Gasteiger partial charge on any atom is -0.492 e. The van der Waals surface area contributed by atoms with E-state index in [9.17, 15) is 13.5 Å². The maximum Gasteiger partial charge on any atom is 0.153 e. The van der Waals surface area contributed by atoms with Crippen LogP contribution in [0.5, 0.6) is 5.75 Å². The van der Waals surface area contributed by atoms with Gasteiger partial charge >= 0.3 is 0 Å². The molecule has 1 rings (SSSR count). The molecule has 5 heteroatoms. The first-order chi connectivity index (χ1) is 8.35. The van der Waals surface area contributed by atoms with Crippen molar-refractivity contribution in [2.24, 2.45) is 0 Å². The number of benzene rings is 1. The molecular formula is C13H20O4S. The number of rotatable bonds is 6. The van der Waals surface area contributed by atoms with Crippen molar-refractivity contribution in [3.63, 3.8) is 0 Å². The van der Waals surface area contributed by atoms with Gasteiger partial charge < -0.3 is 9.84 Å². The lowest BCUT2D eigenvalue weighted by atomic mass is 10.1. The second-order valence-corrected chi connectivity index (χ2v) is 6.76. The molecule has 0 radical (unpaired) electrons. The number of hydrogen-bond donors (Lipinski definition) is 1. The molecule has 0 amide bonds. The highest BCUT2D eigenvalue weighted by atomic mass is 32.2. The van der Waals surface area contributed by atoms with Crippen molar-refractivity contribution in [2.45, 2.75) is 26.9 Å². The highest BCUT2D eigenvalue weighted by molar-refractivity contribution is 7.91. The Morgan fingerprint density at radius 2 is 2.06 bits per heavy atom. The normalized spacial score (nSPS) is 13.3. The Morgan fingerprint density at radius 3 is 2.56 bits per heavy atom. The van der Waals surface area contributed by atoms with E-state index in [1.165, 1.54) is 0 Å². The van der Waals surface area contributed by atoms with Gasteiger partial charge in [-0.3, -0.25) is 0 Å². The first kappa shape index (κ1) is 15.0. The van der Waals surface area contributed by atoms with Crippen LogP contribution in [0.4, 0.5) is 0 Å². The van der Waals surface area contributed by atoms with Gasteiger partial charge in [0.2, 0.25) is 0 Å². The number of hydrogen-bond acceptors (Lipinski definition) is 4. The summed E-state index contributed by atoms with van der Waals surface area (Å²) >= 11 is 0. The molecule has 1 aromatic rings. The summed E-state index contributed by atoms with van der Waals surface area (Å²) < 4.78 is 28.1. The molecule has 0 aliphatic carbocycles. The smallest absolute Gasteiger partial charge is 0.153 e. The van der Waals surface area contributed by atoms with Crippen LogP contribution in [0.1, 0.15) is 31.1 Å². The van der Waals surface area contributed by atoms with Crippen LogP contribution in [0.3, 0.4) is 0 Å². The Kier molecular flexibility index (Phi) is 5.16. The summed E-state index contributed by atoms with van der Waals surface area (Å²) in [6, 6.07) is 5.38. The third-order valence-electron chi connectivity index (χ3n) is 2.77. The Hall–Kier alpha value is -1.07. The summed E-state index contributed by atoms with van der Waals surface area (Å²) in [6.45, 7) is 5.35. The molecule has 0 aliphatic heterocycles. The van der Waals surface area contributed by atoms with Crippen molar-refractivity contribution in [1.82, 2.24) is 0 Å². The highest BCUT2D eigenvalue weighted by Gasteiger charge is 2.09. The zero-order chi connectivity index (χ0) is 13.8. The van der Waals surface area contributed by atoms with Gasteiger partial charge in [-0.05, 0) is 37.1 Å². The van der Waals surface area contributed by atoms with E-state index in [-0.39, 0.29) is 18.1 Å². The molecule has 4 nitrogen and oxygen atoms in total. The van der Waals surface area contributed by atoms with Crippen molar-refractivity contribution < 1.29 is 18.3 Å². The zero-order valence-electron chi connectivity index (χ0n) is 11.0. The summed E-state index contributed by atoms with van der Waals surface area (Å²) in [6.07, 6.45) is -0.516. The summed E-state index contributed by atoms with van der Waals surface area (Å²) in [5, 5.41) is 9.43. The fourth-order valence-corrected chi connectivity index (χ4v) is 2.14. The molecule has 0 saturated heterocycles. The monoisotopic (exact) mass is 272 g/mol. The van der Waals surface area contributed by atoms with Crippen LogP contribution in [0.25, 0.3) is 0 Å². The molecule has 102 valence electrons. The molecule has 0 fully saturated rings. The number of aliphatic hydroxyl groups excluding tert-OH is 1. The molecule has 1 N–H and O–H groups in total. The average molecular weight is 272 g/mol. The van der Waals surface area contributed by atoms with Gasteiger partial charge in [-0.15, -0.1) is 0 Å². The van der Waals surface area contributed by atoms with Crippen LogP contribution in [0.2, 0.25) is 0 Å². The van der Waals surface area contributed by atoms with E-state index < -0.39 is 15.9 Å². The largest absolute Gasteiger partial charge is 0.492 e. The van der Waals surface area contributed by atoms with Crippen LogP contribution in [0.15, 0.2) is 18.2 Å². The predicted molar refractivity (Wildman–Crippen MR) is 71.6 cm³/mol. The van der Waals surface area contributed by atoms with Gasteiger partial charge in [0.05, 0.1) is 11.9 Å². The summed E-state index contributed by atoms with van der Waals surface area (Å²) in [7, 11) is -2.99. The first-order valence-electron chi connectivity index (χ1n) is 5.97. The Morgan fingerprint density at radius 1 is 1.39 bits per heavy atom. The Bertz CT molecular complexity index is 492. The maximum atomic E-state index is 11.3. The van der Waals surface area contributed by atoms with E-state index in [2.05, 4.69) is 0 Å². The van der Waals surface area contributed by atoms with E-state index in [1.54, 1.807) is 26.0 Å². The van der Waals surface area contributed by atoms with E-state index in [0.29, 0.717) is 5.75 Å². The minimum atomic E-state index is -2.99. The summed E-state index contributed by atoms with van der Waals surface area (Å²) in [5.41, 5.74) is 1.71. The highest BCUT2D eigenvalue weighted by Crippen LogP contribution is 2.22. The van der Waals surface area contributed by atoms with Crippen molar-refractivity contribution in [2.75, 3.05) is 18.1 Å². The van der Waals surface area contributed by atoms with Crippen LogP contribution in [-0.4, -0.2) is 31.6 Å². The van der Waals surface area contributed by atoms with Gasteiger partial charge in [0.1, 0.15) is 12.4 Å². The van der Waals surface area contributed by atoms with Gasteiger partial charge in [-0.2, -0.15) is 0 Å². The van der Waals surface area contributed by atoms with Gasteiger partial charge in [-0.1, -0.05) is 13.0 Å². The van der Waals surface area contributed by atoms with Crippen LogP contribution in [-0.2, 0) is 9.84 Å². The predicted octanol–water partition coefficient (Wildman–Crippen LogP) is 1.86. The second kappa shape index (κ2) is 6.20. The molecule has 0 heterocycles. The Labute approximate surface area is 109 Å². The van der Waals surface area contributed by atoms with Gasteiger partial charge in [0.25, 0.3) is 0 Å². The lowest BCUT2D eigenvalue weighted by molar-refractivity contribution is 0.199. The fourth-order valence-electron chi connectivity index (χ4n) is 1.52. The van der Waals surface area contributed by atoms with E-state index in [0.717, 1.165) is 11.1 Å². The van der Waals surface area contributed by atoms with E-state index >= 15 is 0 Å². The van der Waals surface area contributed by atoms with E-state index in [1.807, 2.05) is 13.0 Å². The molecule has 1 atom stereocenters. The second-order valence-electron chi connectivity index (χ2n) is 4.29. The molecule has 0 saturated carbocycles.